The Morgan fingerprint density at radius 1 is 0.623 bits per heavy atom. The summed E-state index contributed by atoms with van der Waals surface area (Å²) in [6.07, 6.45) is -4.26. The van der Waals surface area contributed by atoms with Crippen molar-refractivity contribution in [1.29, 1.82) is 0 Å². The van der Waals surface area contributed by atoms with Crippen LogP contribution in [-0.2, 0) is 14.4 Å². The monoisotopic (exact) mass is 973 g/mol. The predicted octanol–water partition coefficient (Wildman–Crippen LogP) is 4.65. The molecule has 0 spiro atoms. The maximum Gasteiger partial charge on any atom is 0.302 e. The number of hydrogen-bond acceptors (Lipinski definition) is 12. The number of piperidine rings is 3. The van der Waals surface area contributed by atoms with E-state index in [1.165, 1.54) is 36.8 Å². The number of aromatic nitrogens is 9. The van der Waals surface area contributed by atoms with Crippen molar-refractivity contribution in [2.75, 3.05) is 94.3 Å². The number of likely N-dealkylation sites (tertiary alicyclic amines) is 3. The summed E-state index contributed by atoms with van der Waals surface area (Å²) in [4.78, 5) is 78.5. The van der Waals surface area contributed by atoms with Gasteiger partial charge in [-0.2, -0.15) is 0 Å². The minimum atomic E-state index is -3.90. The van der Waals surface area contributed by atoms with Crippen LogP contribution in [0.15, 0.2) is 55.8 Å². The number of amides is 3. The van der Waals surface area contributed by atoms with Crippen LogP contribution in [0.25, 0.3) is 47.6 Å². The molecule has 3 aliphatic rings. The van der Waals surface area contributed by atoms with Crippen LogP contribution in [-0.4, -0.2) is 175 Å². The lowest BCUT2D eigenvalue weighted by atomic mass is 9.92. The normalized spacial score (nSPS) is 39.6. The Labute approximate surface area is 452 Å². The molecule has 9 heterocycles. The van der Waals surface area contributed by atoms with Gasteiger partial charge in [0.15, 0.2) is 0 Å². The van der Waals surface area contributed by atoms with Gasteiger partial charge in [-0.05, 0) is 55.0 Å². The Morgan fingerprint density at radius 3 is 1.49 bits per heavy atom. The lowest BCUT2D eigenvalue weighted by Crippen LogP contribution is -2.53. The standard InChI is InChI=1S/3C16H20N6O/c3*1-11-5-7-22(14(23)8-17-2)9-13(11)21(3)16-12-4-6-18-15(12)19-10-20-16/h3*4,6,10-11,13H,5,7-9H2,1,3H3,(H,18,19,20)/t3*11-,13+/m111/s1/i1D3,5D2,7D2,9D2,11D,13D;1D3,3D3,5D2,7D2,9D2,11D;1D3,3D3,5D2,7D2,9D2. The first-order valence-corrected chi connectivity index (χ1v) is 19.5. The average Bonchev–Trinajstić information content (AvgIpc) is 0.839. The van der Waals surface area contributed by atoms with Gasteiger partial charge in [-0.3, -0.25) is 14.4 Å². The molecule has 0 unspecified atom stereocenters. The van der Waals surface area contributed by atoms with Crippen molar-refractivity contribution in [2.24, 2.45) is 17.7 Å². The van der Waals surface area contributed by atoms with E-state index >= 15 is 0 Å². The van der Waals surface area contributed by atoms with Crippen molar-refractivity contribution in [3.05, 3.63) is 90.0 Å². The first-order valence-electron chi connectivity index (χ1n) is 37.5. The van der Waals surface area contributed by atoms with Crippen molar-refractivity contribution < 1.29 is 63.7 Å². The Bertz CT molecular complexity index is 4430. The van der Waals surface area contributed by atoms with Crippen molar-refractivity contribution in [2.45, 2.75) is 57.8 Å². The summed E-state index contributed by atoms with van der Waals surface area (Å²) < 4.78 is 300. The number of rotatable bonds is 9. The number of fused-ring (bicyclic) bond motifs is 3. The third kappa shape index (κ3) is 11.0. The molecule has 3 N–H and O–H groups in total. The zero-order valence-electron chi connectivity index (χ0n) is 71.5. The minimum Gasteiger partial charge on any atom is -0.354 e. The molecule has 0 radical (unpaired) electrons. The van der Waals surface area contributed by atoms with Gasteiger partial charge < -0.3 is 58.9 Å². The van der Waals surface area contributed by atoms with Crippen LogP contribution in [0, 0.1) is 37.4 Å². The van der Waals surface area contributed by atoms with Crippen LogP contribution in [0.2, 0.25) is 0 Å². The minimum absolute atomic E-state index is 0.0388. The number of carbonyl (C=O) groups is 3. The SMILES string of the molecule is [2H]C([2H])([2H])N(c1ncnc2[nH]ccc12)[C@H]1C([2H])([2H])N(C(=O)C[N+]#[C-])C([2H])([2H])C([2H])([2H])[C@@]1([2H])C([2H])([2H])[2H].[2H]C([2H])([2H])[C@H]1[C@@H](N(c2ncnc3[nH]ccc23)C([2H])([2H])[2H])C([2H])([2H])N(C(=O)C[N+]#[C-])C([2H])([2H])C1([2H])[2H].[2H]C1([2H])N(C(=O)C[N+]#[C-])C([2H])([2H])[C@]([2H])(N(C)c2ncnc3[nH]ccc23)[C@]([2H])(C([2H])([2H])[2H])C1([2H])[2H]. The van der Waals surface area contributed by atoms with E-state index in [9.17, 15) is 14.4 Å². The van der Waals surface area contributed by atoms with Crippen LogP contribution in [0.3, 0.4) is 0 Å². The third-order valence-corrected chi connectivity index (χ3v) is 9.52. The van der Waals surface area contributed by atoms with E-state index in [1.54, 1.807) is 0 Å². The highest BCUT2D eigenvalue weighted by molar-refractivity contribution is 5.89. The topological polar surface area (TPSA) is 208 Å². The van der Waals surface area contributed by atoms with Gasteiger partial charge in [-0.1, -0.05) is 20.6 Å². The van der Waals surface area contributed by atoms with Gasteiger partial charge in [-0.25, -0.2) is 49.6 Å². The zero-order chi connectivity index (χ0) is 80.6. The maximum atomic E-state index is 12.8. The summed E-state index contributed by atoms with van der Waals surface area (Å²) in [6.45, 7) is -22.3. The number of H-pyrrole nitrogens is 3. The molecule has 3 aliphatic heterocycles. The number of carbonyl (C=O) groups excluding carboxylic acids is 3. The summed E-state index contributed by atoms with van der Waals surface area (Å²) in [5.74, 6) is -16.2. The number of aromatic amines is 3. The third-order valence-electron chi connectivity index (χ3n) is 9.52. The van der Waals surface area contributed by atoms with E-state index in [-0.39, 0.29) is 63.4 Å². The summed E-state index contributed by atoms with van der Waals surface area (Å²) in [5, 5.41) is 0.163. The fraction of sp³-hybridized carbons (Fsp3) is 0.500. The summed E-state index contributed by atoms with van der Waals surface area (Å²) >= 11 is 0. The predicted molar refractivity (Wildman–Crippen MR) is 264 cm³/mol. The van der Waals surface area contributed by atoms with Crippen LogP contribution < -0.4 is 14.7 Å². The van der Waals surface area contributed by atoms with Crippen LogP contribution in [0.5, 0.6) is 0 Å². The molecule has 0 saturated carbocycles. The molecular weight excluding hydrogens is 877 g/mol. The number of nitrogens with one attached hydrogen (secondary N) is 3. The molecule has 0 bridgehead atoms. The highest BCUT2D eigenvalue weighted by atomic mass is 16.2. The van der Waals surface area contributed by atoms with Gasteiger partial charge in [-0.15, -0.1) is 0 Å². The molecule has 6 atom stereocenters. The smallest absolute Gasteiger partial charge is 0.302 e. The number of hydrogen-bond donors (Lipinski definition) is 3. The van der Waals surface area contributed by atoms with Gasteiger partial charge in [0.2, 0.25) is 0 Å². The molecule has 0 aromatic carbocycles. The molecule has 21 heteroatoms. The fourth-order valence-corrected chi connectivity index (χ4v) is 6.25. The van der Waals surface area contributed by atoms with E-state index < -0.39 is 177 Å². The van der Waals surface area contributed by atoms with Gasteiger partial charge >= 0.3 is 17.7 Å². The second-order valence-electron chi connectivity index (χ2n) is 13.8. The van der Waals surface area contributed by atoms with E-state index in [2.05, 4.69) is 59.4 Å². The van der Waals surface area contributed by atoms with Crippen molar-refractivity contribution in [3.8, 4) is 0 Å². The van der Waals surface area contributed by atoms with E-state index in [4.69, 9.17) is 69.1 Å². The van der Waals surface area contributed by atoms with E-state index in [0.717, 1.165) is 26.0 Å². The average molecular weight is 973 g/mol. The highest BCUT2D eigenvalue weighted by Crippen LogP contribution is 2.31. The molecule has 3 saturated heterocycles. The van der Waals surface area contributed by atoms with Crippen LogP contribution in [0.1, 0.15) is 89.0 Å². The van der Waals surface area contributed by atoms with E-state index in [0.29, 0.717) is 4.90 Å². The van der Waals surface area contributed by atoms with Crippen LogP contribution in [0.4, 0.5) is 17.5 Å². The van der Waals surface area contributed by atoms with Crippen molar-refractivity contribution in [3.63, 3.8) is 0 Å². The molecule has 3 fully saturated rings. The van der Waals surface area contributed by atoms with E-state index in [1.807, 2.05) is 0 Å². The molecule has 9 rings (SSSR count). The second kappa shape index (κ2) is 22.3. The lowest BCUT2D eigenvalue weighted by Gasteiger charge is -2.41. The largest absolute Gasteiger partial charge is 0.354 e. The molecule has 6 aromatic heterocycles. The Hall–Kier alpha value is -7.86. The van der Waals surface area contributed by atoms with Gasteiger partial charge in [0.05, 0.1) is 43.9 Å². The number of likely N-dealkylation sites (N-methyl/N-ethyl adjacent to an activating group) is 3. The highest BCUT2D eigenvalue weighted by Gasteiger charge is 2.36. The van der Waals surface area contributed by atoms with Crippen molar-refractivity contribution in [1.82, 2.24) is 59.6 Å². The molecule has 0 aliphatic carbocycles. The first kappa shape index (κ1) is 20.8. The first-order chi connectivity index (χ1) is 47.3. The Kier molecular flexibility index (Phi) is 6.72. The molecule has 21 nitrogen and oxygen atoms in total. The lowest BCUT2D eigenvalue weighted by molar-refractivity contribution is -0.131. The molecule has 69 heavy (non-hydrogen) atoms. The van der Waals surface area contributed by atoms with Gasteiger partial charge in [0, 0.05) is 118 Å². The summed E-state index contributed by atoms with van der Waals surface area (Å²) in [5.41, 5.74) is 0.375. The van der Waals surface area contributed by atoms with Gasteiger partial charge in [0.1, 0.15) is 53.4 Å². The Balaban J connectivity index is 0.000000220. The fourth-order valence-electron chi connectivity index (χ4n) is 6.25. The maximum absolute atomic E-state index is 12.8. The molecular formula is C48H60N18O3. The van der Waals surface area contributed by atoms with Gasteiger partial charge in [0.25, 0.3) is 19.6 Å². The quantitative estimate of drug-likeness (QED) is 0.169. The zero-order valence-corrected chi connectivity index (χ0v) is 35.5. The molecule has 360 valence electrons. The number of anilines is 3. The number of nitrogens with zero attached hydrogens (tertiary/aromatic N) is 15. The summed E-state index contributed by atoms with van der Waals surface area (Å²) in [6, 6.07) is -4.83. The molecule has 3 amide bonds. The Morgan fingerprint density at radius 2 is 1.04 bits per heavy atom. The second-order valence-corrected chi connectivity index (χ2v) is 13.8. The summed E-state index contributed by atoms with van der Waals surface area (Å²) in [7, 11) is 1.00. The van der Waals surface area contributed by atoms with Crippen LogP contribution >= 0.6 is 0 Å². The van der Waals surface area contributed by atoms with Crippen molar-refractivity contribution >= 4 is 68.3 Å². The molecule has 6 aromatic rings.